The van der Waals surface area contributed by atoms with Gasteiger partial charge >= 0.3 is 11.5 Å². The maximum Gasteiger partial charge on any atom is 0.446 e. The molecule has 0 N–H and O–H groups in total. The maximum atomic E-state index is 12.3. The number of hydrogen-bond donors (Lipinski definition) is 1. The molecule has 1 rings (SSSR count). The molecule has 0 aliphatic heterocycles. The molecule has 0 saturated carbocycles. The van der Waals surface area contributed by atoms with Gasteiger partial charge in [0.05, 0.1) is 17.7 Å². The molecule has 0 fully saturated rings. The van der Waals surface area contributed by atoms with E-state index in [1.54, 1.807) is 13.0 Å². The minimum Gasteiger partial charge on any atom is -0.462 e. The normalized spacial score (nSPS) is 10.9. The van der Waals surface area contributed by atoms with Gasteiger partial charge in [0.25, 0.3) is 0 Å². The summed E-state index contributed by atoms with van der Waals surface area (Å²) in [5, 5.41) is 8.94. The molecule has 0 bridgehead atoms. The summed E-state index contributed by atoms with van der Waals surface area (Å²) in [5.74, 6) is -0.766. The summed E-state index contributed by atoms with van der Waals surface area (Å²) in [4.78, 5) is 11.1. The predicted octanol–water partition coefficient (Wildman–Crippen LogP) is 3.64. The number of halogens is 3. The van der Waals surface area contributed by atoms with Crippen molar-refractivity contribution in [2.24, 2.45) is 0 Å². The Morgan fingerprint density at radius 2 is 2.16 bits per heavy atom. The standard InChI is InChI=1S/C11H8F3NO2S2/c1-2-17-10(16)6-3-4-8(19-11(12,13)14)9(18)7(6)5-15/h3-4,18H,2H2,1H3. The van der Waals surface area contributed by atoms with Gasteiger partial charge in [0, 0.05) is 9.79 Å². The van der Waals surface area contributed by atoms with E-state index in [1.165, 1.54) is 0 Å². The Balaban J connectivity index is 3.24. The van der Waals surface area contributed by atoms with Crippen LogP contribution in [0.25, 0.3) is 0 Å². The number of carbonyl (C=O) groups is 1. The predicted molar refractivity (Wildman–Crippen MR) is 66.3 cm³/mol. The minimum absolute atomic E-state index is 0.0964. The second kappa shape index (κ2) is 6.21. The molecule has 1 aromatic rings. The number of nitrogens with zero attached hydrogens (tertiary/aromatic N) is 1. The first-order chi connectivity index (χ1) is 8.80. The fourth-order valence-corrected chi connectivity index (χ4v) is 2.24. The quantitative estimate of drug-likeness (QED) is 0.526. The van der Waals surface area contributed by atoms with Crippen LogP contribution in [0.15, 0.2) is 21.9 Å². The van der Waals surface area contributed by atoms with Crippen LogP contribution in [0.2, 0.25) is 0 Å². The molecule has 0 unspecified atom stereocenters. The van der Waals surface area contributed by atoms with Crippen molar-refractivity contribution in [2.75, 3.05) is 6.61 Å². The minimum atomic E-state index is -4.49. The summed E-state index contributed by atoms with van der Waals surface area (Å²) in [6.45, 7) is 1.68. The van der Waals surface area contributed by atoms with Crippen LogP contribution >= 0.6 is 24.4 Å². The summed E-state index contributed by atoms with van der Waals surface area (Å²) in [5.41, 5.74) is -4.81. The SMILES string of the molecule is CCOC(=O)c1ccc(SC(F)(F)F)c(S)c1C#N. The lowest BCUT2D eigenvalue weighted by Gasteiger charge is -2.11. The largest absolute Gasteiger partial charge is 0.462 e. The zero-order chi connectivity index (χ0) is 14.6. The lowest BCUT2D eigenvalue weighted by atomic mass is 10.1. The van der Waals surface area contributed by atoms with Gasteiger partial charge in [-0.05, 0) is 30.8 Å². The number of rotatable bonds is 3. The highest BCUT2D eigenvalue weighted by atomic mass is 32.2. The molecule has 0 radical (unpaired) electrons. The molecule has 0 heterocycles. The van der Waals surface area contributed by atoms with Crippen molar-refractivity contribution in [1.29, 1.82) is 5.26 Å². The average Bonchev–Trinajstić information content (AvgIpc) is 2.30. The number of thiol groups is 1. The Labute approximate surface area is 117 Å². The van der Waals surface area contributed by atoms with Gasteiger partial charge in [0.2, 0.25) is 0 Å². The van der Waals surface area contributed by atoms with Crippen molar-refractivity contribution in [3.05, 3.63) is 23.3 Å². The number of alkyl halides is 3. The second-order valence-corrected chi connectivity index (χ2v) is 4.77. The Hall–Kier alpha value is -1.33. The van der Waals surface area contributed by atoms with Crippen LogP contribution < -0.4 is 0 Å². The molecular weight excluding hydrogens is 299 g/mol. The Morgan fingerprint density at radius 1 is 1.53 bits per heavy atom. The highest BCUT2D eigenvalue weighted by Gasteiger charge is 2.31. The van der Waals surface area contributed by atoms with Gasteiger partial charge in [-0.3, -0.25) is 0 Å². The van der Waals surface area contributed by atoms with Gasteiger partial charge in [0.1, 0.15) is 6.07 Å². The molecule has 0 aliphatic rings. The van der Waals surface area contributed by atoms with Crippen molar-refractivity contribution in [3.8, 4) is 6.07 Å². The van der Waals surface area contributed by atoms with Crippen LogP contribution in [0.3, 0.4) is 0 Å². The van der Waals surface area contributed by atoms with Crippen LogP contribution in [0.5, 0.6) is 0 Å². The summed E-state index contributed by atoms with van der Waals surface area (Å²) in [6.07, 6.45) is 0. The summed E-state index contributed by atoms with van der Waals surface area (Å²) >= 11 is 3.50. The topological polar surface area (TPSA) is 50.1 Å². The van der Waals surface area contributed by atoms with Crippen LogP contribution in [-0.2, 0) is 4.74 Å². The van der Waals surface area contributed by atoms with Crippen molar-refractivity contribution in [3.63, 3.8) is 0 Å². The van der Waals surface area contributed by atoms with Crippen LogP contribution in [0.1, 0.15) is 22.8 Å². The Kier molecular flexibility index (Phi) is 5.14. The first-order valence-corrected chi connectivity index (χ1v) is 6.25. The summed E-state index contributed by atoms with van der Waals surface area (Å²) in [6, 6.07) is 3.89. The van der Waals surface area contributed by atoms with E-state index in [9.17, 15) is 18.0 Å². The summed E-state index contributed by atoms with van der Waals surface area (Å²) < 4.78 is 41.6. The van der Waals surface area contributed by atoms with Crippen LogP contribution in [0.4, 0.5) is 13.2 Å². The van der Waals surface area contributed by atoms with E-state index in [0.29, 0.717) is 0 Å². The van der Waals surface area contributed by atoms with E-state index in [1.807, 2.05) is 0 Å². The second-order valence-electron chi connectivity index (χ2n) is 3.21. The summed E-state index contributed by atoms with van der Waals surface area (Å²) in [7, 11) is 0. The van der Waals surface area contributed by atoms with Gasteiger partial charge in [-0.1, -0.05) is 0 Å². The molecular formula is C11H8F3NO2S2. The lowest BCUT2D eigenvalue weighted by Crippen LogP contribution is -2.08. The van der Waals surface area contributed by atoms with Crippen molar-refractivity contribution in [2.45, 2.75) is 22.2 Å². The van der Waals surface area contributed by atoms with Gasteiger partial charge in [0.15, 0.2) is 0 Å². The fourth-order valence-electron chi connectivity index (χ4n) is 1.27. The van der Waals surface area contributed by atoms with E-state index in [-0.39, 0.29) is 39.3 Å². The number of nitriles is 1. The molecule has 0 saturated heterocycles. The number of hydrogen-bond acceptors (Lipinski definition) is 5. The van der Waals surface area contributed by atoms with Crippen LogP contribution in [-0.4, -0.2) is 18.1 Å². The van der Waals surface area contributed by atoms with E-state index < -0.39 is 11.5 Å². The third kappa shape index (κ3) is 4.08. The number of esters is 1. The van der Waals surface area contributed by atoms with E-state index >= 15 is 0 Å². The smallest absolute Gasteiger partial charge is 0.446 e. The molecule has 0 spiro atoms. The first-order valence-electron chi connectivity index (χ1n) is 4.99. The zero-order valence-electron chi connectivity index (χ0n) is 9.61. The van der Waals surface area contributed by atoms with E-state index in [4.69, 9.17) is 10.00 Å². The Bertz CT molecular complexity index is 538. The van der Waals surface area contributed by atoms with Crippen molar-refractivity contribution in [1.82, 2.24) is 0 Å². The monoisotopic (exact) mass is 307 g/mol. The van der Waals surface area contributed by atoms with Gasteiger partial charge < -0.3 is 4.74 Å². The van der Waals surface area contributed by atoms with E-state index in [0.717, 1.165) is 12.1 Å². The molecule has 19 heavy (non-hydrogen) atoms. The molecule has 1 aromatic carbocycles. The molecule has 8 heteroatoms. The molecule has 0 aromatic heterocycles. The lowest BCUT2D eigenvalue weighted by molar-refractivity contribution is -0.0329. The van der Waals surface area contributed by atoms with E-state index in [2.05, 4.69) is 12.6 Å². The zero-order valence-corrected chi connectivity index (χ0v) is 11.3. The third-order valence-corrected chi connectivity index (χ3v) is 3.38. The van der Waals surface area contributed by atoms with Crippen LogP contribution in [0, 0.1) is 11.3 Å². The number of carbonyl (C=O) groups excluding carboxylic acids is 1. The van der Waals surface area contributed by atoms with Gasteiger partial charge in [-0.2, -0.15) is 18.4 Å². The maximum absolute atomic E-state index is 12.3. The Morgan fingerprint density at radius 3 is 2.63 bits per heavy atom. The molecule has 3 nitrogen and oxygen atoms in total. The highest BCUT2D eigenvalue weighted by Crippen LogP contribution is 2.41. The fraction of sp³-hybridized carbons (Fsp3) is 0.273. The first kappa shape index (κ1) is 15.7. The average molecular weight is 307 g/mol. The molecule has 0 amide bonds. The molecule has 0 atom stereocenters. The number of benzene rings is 1. The van der Waals surface area contributed by atoms with Gasteiger partial charge in [-0.15, -0.1) is 12.6 Å². The van der Waals surface area contributed by atoms with Crippen molar-refractivity contribution >= 4 is 30.4 Å². The van der Waals surface area contributed by atoms with Crippen molar-refractivity contribution < 1.29 is 22.7 Å². The molecule has 0 aliphatic carbocycles. The van der Waals surface area contributed by atoms with Gasteiger partial charge in [-0.25, -0.2) is 4.79 Å². The third-order valence-electron chi connectivity index (χ3n) is 1.97. The molecule has 102 valence electrons. The highest BCUT2D eigenvalue weighted by molar-refractivity contribution is 8.00. The number of thioether (sulfide) groups is 1. The number of ether oxygens (including phenoxy) is 1.